The maximum atomic E-state index is 4.36. The molecule has 0 N–H and O–H groups in total. The Labute approximate surface area is 105 Å². The summed E-state index contributed by atoms with van der Waals surface area (Å²) in [5.74, 6) is 0. The zero-order chi connectivity index (χ0) is 10.7. The third kappa shape index (κ3) is 2.63. The van der Waals surface area contributed by atoms with E-state index in [0.717, 1.165) is 21.3 Å². The standard InChI is InChI=1S/C11H8Br2N2/c12-7-8-4-5-14-10(6-8)9-2-1-3-11(13)15-9/h1-6H,7H2. The summed E-state index contributed by atoms with van der Waals surface area (Å²) in [6.07, 6.45) is 1.80. The van der Waals surface area contributed by atoms with E-state index < -0.39 is 0 Å². The molecule has 0 amide bonds. The topological polar surface area (TPSA) is 25.8 Å². The van der Waals surface area contributed by atoms with Gasteiger partial charge in [0, 0.05) is 11.5 Å². The third-order valence-electron chi connectivity index (χ3n) is 1.96. The Balaban J connectivity index is 2.44. The highest BCUT2D eigenvalue weighted by molar-refractivity contribution is 9.10. The quantitative estimate of drug-likeness (QED) is 0.619. The third-order valence-corrected chi connectivity index (χ3v) is 3.05. The largest absolute Gasteiger partial charge is 0.255 e. The van der Waals surface area contributed by atoms with E-state index in [1.54, 1.807) is 6.20 Å². The van der Waals surface area contributed by atoms with E-state index in [2.05, 4.69) is 41.8 Å². The Morgan fingerprint density at radius 3 is 2.73 bits per heavy atom. The van der Waals surface area contributed by atoms with Crippen molar-refractivity contribution in [3.63, 3.8) is 0 Å². The van der Waals surface area contributed by atoms with E-state index in [-0.39, 0.29) is 0 Å². The molecule has 0 spiro atoms. The molecule has 2 nitrogen and oxygen atoms in total. The second-order valence-electron chi connectivity index (χ2n) is 3.03. The van der Waals surface area contributed by atoms with Gasteiger partial charge in [-0.1, -0.05) is 22.0 Å². The van der Waals surface area contributed by atoms with Crippen molar-refractivity contribution in [1.82, 2.24) is 9.97 Å². The first-order chi connectivity index (χ1) is 7.29. The van der Waals surface area contributed by atoms with Crippen molar-refractivity contribution in [3.8, 4) is 11.4 Å². The molecule has 0 atom stereocenters. The maximum absolute atomic E-state index is 4.36. The maximum Gasteiger partial charge on any atom is 0.106 e. The van der Waals surface area contributed by atoms with Crippen molar-refractivity contribution in [3.05, 3.63) is 46.7 Å². The minimum Gasteiger partial charge on any atom is -0.255 e. The molecular formula is C11H8Br2N2. The highest BCUT2D eigenvalue weighted by atomic mass is 79.9. The molecule has 0 radical (unpaired) electrons. The fourth-order valence-electron chi connectivity index (χ4n) is 1.25. The van der Waals surface area contributed by atoms with Gasteiger partial charge in [0.2, 0.25) is 0 Å². The van der Waals surface area contributed by atoms with Crippen molar-refractivity contribution in [1.29, 1.82) is 0 Å². The first-order valence-electron chi connectivity index (χ1n) is 4.43. The summed E-state index contributed by atoms with van der Waals surface area (Å²) in [4.78, 5) is 8.65. The molecule has 76 valence electrons. The van der Waals surface area contributed by atoms with E-state index in [0.29, 0.717) is 0 Å². The Morgan fingerprint density at radius 1 is 1.13 bits per heavy atom. The van der Waals surface area contributed by atoms with Crippen LogP contribution in [-0.4, -0.2) is 9.97 Å². The van der Waals surface area contributed by atoms with E-state index >= 15 is 0 Å². The van der Waals surface area contributed by atoms with Crippen molar-refractivity contribution in [2.75, 3.05) is 0 Å². The predicted octanol–water partition coefficient (Wildman–Crippen LogP) is 3.80. The Bertz CT molecular complexity index is 472. The second kappa shape index (κ2) is 4.86. The fraction of sp³-hybridized carbons (Fsp3) is 0.0909. The highest BCUT2D eigenvalue weighted by Crippen LogP contribution is 2.18. The summed E-state index contributed by atoms with van der Waals surface area (Å²) in [5.41, 5.74) is 2.97. The van der Waals surface area contributed by atoms with Crippen LogP contribution in [0.2, 0.25) is 0 Å². The van der Waals surface area contributed by atoms with Crippen LogP contribution in [0.3, 0.4) is 0 Å². The molecule has 0 bridgehead atoms. The molecule has 0 aliphatic rings. The van der Waals surface area contributed by atoms with E-state index in [9.17, 15) is 0 Å². The van der Waals surface area contributed by atoms with Crippen LogP contribution in [0.15, 0.2) is 41.1 Å². The Hall–Kier alpha value is -0.740. The molecular weight excluding hydrogens is 320 g/mol. The van der Waals surface area contributed by atoms with Crippen LogP contribution in [0.25, 0.3) is 11.4 Å². The van der Waals surface area contributed by atoms with Gasteiger partial charge >= 0.3 is 0 Å². The average Bonchev–Trinajstić information content (AvgIpc) is 2.29. The van der Waals surface area contributed by atoms with Gasteiger partial charge in [-0.15, -0.1) is 0 Å². The molecule has 4 heteroatoms. The van der Waals surface area contributed by atoms with Crippen LogP contribution in [0.4, 0.5) is 0 Å². The van der Waals surface area contributed by atoms with Gasteiger partial charge in [0.25, 0.3) is 0 Å². The molecule has 2 aromatic heterocycles. The summed E-state index contributed by atoms with van der Waals surface area (Å²) in [7, 11) is 0. The summed E-state index contributed by atoms with van der Waals surface area (Å²) in [6, 6.07) is 9.82. The van der Waals surface area contributed by atoms with Gasteiger partial charge in [-0.3, -0.25) is 4.98 Å². The minimum absolute atomic E-state index is 0.825. The predicted molar refractivity (Wildman–Crippen MR) is 67.8 cm³/mol. The van der Waals surface area contributed by atoms with Gasteiger partial charge in [0.15, 0.2) is 0 Å². The van der Waals surface area contributed by atoms with Crippen LogP contribution >= 0.6 is 31.9 Å². The number of nitrogens with zero attached hydrogens (tertiary/aromatic N) is 2. The molecule has 0 aliphatic carbocycles. The highest BCUT2D eigenvalue weighted by Gasteiger charge is 2.01. The first kappa shape index (κ1) is 10.8. The van der Waals surface area contributed by atoms with Gasteiger partial charge < -0.3 is 0 Å². The smallest absolute Gasteiger partial charge is 0.106 e. The summed E-state index contributed by atoms with van der Waals surface area (Å²) < 4.78 is 0.825. The van der Waals surface area contributed by atoms with E-state index in [1.165, 1.54) is 5.56 Å². The molecule has 2 rings (SSSR count). The van der Waals surface area contributed by atoms with Crippen molar-refractivity contribution in [2.45, 2.75) is 5.33 Å². The van der Waals surface area contributed by atoms with Crippen molar-refractivity contribution in [2.24, 2.45) is 0 Å². The lowest BCUT2D eigenvalue weighted by Crippen LogP contribution is -1.89. The van der Waals surface area contributed by atoms with Gasteiger partial charge in [-0.2, -0.15) is 0 Å². The van der Waals surface area contributed by atoms with Crippen molar-refractivity contribution >= 4 is 31.9 Å². The van der Waals surface area contributed by atoms with Crippen molar-refractivity contribution < 1.29 is 0 Å². The van der Waals surface area contributed by atoms with Gasteiger partial charge in [-0.05, 0) is 45.8 Å². The van der Waals surface area contributed by atoms with Crippen LogP contribution in [0.5, 0.6) is 0 Å². The number of hydrogen-bond acceptors (Lipinski definition) is 2. The lowest BCUT2D eigenvalue weighted by atomic mass is 10.2. The fourth-order valence-corrected chi connectivity index (χ4v) is 1.94. The minimum atomic E-state index is 0.825. The summed E-state index contributed by atoms with van der Waals surface area (Å²) in [6.45, 7) is 0. The summed E-state index contributed by atoms with van der Waals surface area (Å²) in [5, 5.41) is 0.830. The molecule has 2 aromatic rings. The normalized spacial score (nSPS) is 10.3. The molecule has 2 heterocycles. The second-order valence-corrected chi connectivity index (χ2v) is 4.40. The number of hydrogen-bond donors (Lipinski definition) is 0. The molecule has 0 aliphatic heterocycles. The number of halogens is 2. The van der Waals surface area contributed by atoms with Crippen LogP contribution in [0, 0.1) is 0 Å². The molecule has 0 unspecified atom stereocenters. The Kier molecular flexibility index (Phi) is 3.49. The zero-order valence-corrected chi connectivity index (χ0v) is 11.0. The molecule has 15 heavy (non-hydrogen) atoms. The van der Waals surface area contributed by atoms with Crippen LogP contribution in [0.1, 0.15) is 5.56 Å². The summed E-state index contributed by atoms with van der Waals surface area (Å²) >= 11 is 6.77. The molecule has 0 fully saturated rings. The van der Waals surface area contributed by atoms with E-state index in [4.69, 9.17) is 0 Å². The van der Waals surface area contributed by atoms with Gasteiger partial charge in [0.1, 0.15) is 4.60 Å². The van der Waals surface area contributed by atoms with E-state index in [1.807, 2.05) is 30.3 Å². The number of aromatic nitrogens is 2. The number of rotatable bonds is 2. The lowest BCUT2D eigenvalue weighted by Gasteiger charge is -2.02. The van der Waals surface area contributed by atoms with Crippen LogP contribution in [-0.2, 0) is 5.33 Å². The van der Waals surface area contributed by atoms with Crippen LogP contribution < -0.4 is 0 Å². The first-order valence-corrected chi connectivity index (χ1v) is 6.35. The molecule has 0 saturated heterocycles. The number of pyridine rings is 2. The molecule has 0 saturated carbocycles. The van der Waals surface area contributed by atoms with Gasteiger partial charge in [0.05, 0.1) is 11.4 Å². The van der Waals surface area contributed by atoms with Gasteiger partial charge in [-0.25, -0.2) is 4.98 Å². The molecule has 0 aromatic carbocycles. The zero-order valence-electron chi connectivity index (χ0n) is 7.82. The average molecular weight is 328 g/mol. The Morgan fingerprint density at radius 2 is 2.00 bits per heavy atom. The number of alkyl halides is 1. The lowest BCUT2D eigenvalue weighted by molar-refractivity contribution is 1.21. The monoisotopic (exact) mass is 326 g/mol. The SMILES string of the molecule is BrCc1ccnc(-c2cccc(Br)n2)c1.